The van der Waals surface area contributed by atoms with Crippen molar-refractivity contribution < 1.29 is 4.79 Å². The molecule has 1 saturated heterocycles. The van der Waals surface area contributed by atoms with Gasteiger partial charge in [0, 0.05) is 18.3 Å². The van der Waals surface area contributed by atoms with Gasteiger partial charge in [-0.2, -0.15) is 0 Å². The van der Waals surface area contributed by atoms with E-state index >= 15 is 0 Å². The zero-order valence-electron chi connectivity index (χ0n) is 11.5. The van der Waals surface area contributed by atoms with Gasteiger partial charge in [-0.1, -0.05) is 6.92 Å². The fourth-order valence-electron chi connectivity index (χ4n) is 2.43. The monoisotopic (exact) mass is 283 g/mol. The van der Waals surface area contributed by atoms with Crippen molar-refractivity contribution in [1.82, 2.24) is 9.88 Å². The Balaban J connectivity index is 0.00000180. The predicted octanol–water partition coefficient (Wildman–Crippen LogP) is 2.28. The minimum atomic E-state index is 0. The van der Waals surface area contributed by atoms with Gasteiger partial charge in [0.1, 0.15) is 0 Å². The minimum Gasteiger partial charge on any atom is -0.397 e. The van der Waals surface area contributed by atoms with Crippen molar-refractivity contribution in [1.29, 1.82) is 0 Å². The molecule has 106 valence electrons. The Bertz CT molecular complexity index is 421. The van der Waals surface area contributed by atoms with Crippen LogP contribution in [0.15, 0.2) is 18.3 Å². The molecule has 1 aromatic heterocycles. The number of carbonyl (C=O) groups excluding carboxylic acids is 1. The molecule has 0 bridgehead atoms. The lowest BCUT2D eigenvalue weighted by atomic mass is 9.94. The third-order valence-electron chi connectivity index (χ3n) is 3.62. The second kappa shape index (κ2) is 6.75. The lowest BCUT2D eigenvalue weighted by Gasteiger charge is -2.36. The van der Waals surface area contributed by atoms with Gasteiger partial charge in [0.2, 0.25) is 5.91 Å². The molecule has 0 spiro atoms. The number of pyridine rings is 1. The highest BCUT2D eigenvalue weighted by Crippen LogP contribution is 2.22. The maximum absolute atomic E-state index is 12.3. The van der Waals surface area contributed by atoms with Crippen LogP contribution >= 0.6 is 12.4 Å². The van der Waals surface area contributed by atoms with Crippen LogP contribution in [0.5, 0.6) is 0 Å². The molecule has 5 heteroatoms. The zero-order valence-corrected chi connectivity index (χ0v) is 12.3. The predicted molar refractivity (Wildman–Crippen MR) is 79.2 cm³/mol. The van der Waals surface area contributed by atoms with Crippen molar-refractivity contribution in [2.45, 2.75) is 39.2 Å². The Morgan fingerprint density at radius 3 is 2.79 bits per heavy atom. The van der Waals surface area contributed by atoms with Crippen molar-refractivity contribution in [3.05, 3.63) is 24.0 Å². The van der Waals surface area contributed by atoms with Gasteiger partial charge in [-0.3, -0.25) is 9.78 Å². The highest BCUT2D eigenvalue weighted by Gasteiger charge is 2.26. The molecule has 1 fully saturated rings. The van der Waals surface area contributed by atoms with E-state index < -0.39 is 0 Å². The van der Waals surface area contributed by atoms with Crippen LogP contribution in [0.4, 0.5) is 5.69 Å². The largest absolute Gasteiger partial charge is 0.397 e. The summed E-state index contributed by atoms with van der Waals surface area (Å²) in [6, 6.07) is 3.96. The topological polar surface area (TPSA) is 59.2 Å². The van der Waals surface area contributed by atoms with Crippen LogP contribution in [0.1, 0.15) is 32.4 Å². The standard InChI is InChI=1S/C14H21N3O.ClH/c1-10-3-4-11(2)17(9-10)14(18)7-13-6-5-12(15)8-16-13;/h5-6,8,10-11H,3-4,7,9,15H2,1-2H3;1H. The summed E-state index contributed by atoms with van der Waals surface area (Å²) in [5.74, 6) is 0.774. The van der Waals surface area contributed by atoms with E-state index in [1.807, 2.05) is 11.0 Å². The maximum Gasteiger partial charge on any atom is 0.228 e. The zero-order chi connectivity index (χ0) is 13.1. The lowest BCUT2D eigenvalue weighted by molar-refractivity contribution is -0.134. The van der Waals surface area contributed by atoms with Crippen LogP contribution in [0.2, 0.25) is 0 Å². The second-order valence-corrected chi connectivity index (χ2v) is 5.34. The number of carbonyl (C=O) groups is 1. The molecule has 19 heavy (non-hydrogen) atoms. The third-order valence-corrected chi connectivity index (χ3v) is 3.62. The summed E-state index contributed by atoms with van der Waals surface area (Å²) in [5.41, 5.74) is 7.00. The number of anilines is 1. The Kier molecular flexibility index (Phi) is 5.60. The van der Waals surface area contributed by atoms with E-state index in [-0.39, 0.29) is 18.3 Å². The summed E-state index contributed by atoms with van der Waals surface area (Å²) >= 11 is 0. The first kappa shape index (κ1) is 15.8. The van der Waals surface area contributed by atoms with Crippen LogP contribution in [0.25, 0.3) is 0 Å². The Labute approximate surface area is 120 Å². The van der Waals surface area contributed by atoms with E-state index in [9.17, 15) is 4.79 Å². The van der Waals surface area contributed by atoms with E-state index in [0.29, 0.717) is 24.1 Å². The second-order valence-electron chi connectivity index (χ2n) is 5.34. The molecule has 2 N–H and O–H groups in total. The van der Waals surface area contributed by atoms with Crippen LogP contribution in [-0.4, -0.2) is 28.4 Å². The summed E-state index contributed by atoms with van der Waals surface area (Å²) in [4.78, 5) is 18.4. The fraction of sp³-hybridized carbons (Fsp3) is 0.571. The smallest absolute Gasteiger partial charge is 0.228 e. The summed E-state index contributed by atoms with van der Waals surface area (Å²) < 4.78 is 0. The normalized spacial score (nSPS) is 22.7. The Morgan fingerprint density at radius 2 is 2.16 bits per heavy atom. The van der Waals surface area contributed by atoms with Gasteiger partial charge in [-0.15, -0.1) is 12.4 Å². The summed E-state index contributed by atoms with van der Waals surface area (Å²) in [7, 11) is 0. The first-order chi connectivity index (χ1) is 8.56. The SMILES string of the molecule is CC1CCC(C)N(C(=O)Cc2ccc(N)cn2)C1.Cl. The molecule has 0 radical (unpaired) electrons. The molecule has 1 aliphatic heterocycles. The number of nitrogens with zero attached hydrogens (tertiary/aromatic N) is 2. The molecule has 0 saturated carbocycles. The van der Waals surface area contributed by atoms with Crippen LogP contribution < -0.4 is 5.73 Å². The van der Waals surface area contributed by atoms with Gasteiger partial charge in [0.05, 0.1) is 18.3 Å². The average molecular weight is 284 g/mol. The molecule has 2 rings (SSSR count). The van der Waals surface area contributed by atoms with E-state index in [2.05, 4.69) is 18.8 Å². The first-order valence-corrected chi connectivity index (χ1v) is 6.56. The summed E-state index contributed by atoms with van der Waals surface area (Å²) in [5, 5.41) is 0. The molecule has 0 aromatic carbocycles. The number of halogens is 1. The number of rotatable bonds is 2. The van der Waals surface area contributed by atoms with Crippen molar-refractivity contribution in [2.24, 2.45) is 5.92 Å². The van der Waals surface area contributed by atoms with Gasteiger partial charge in [0.25, 0.3) is 0 Å². The highest BCUT2D eigenvalue weighted by molar-refractivity contribution is 5.85. The van der Waals surface area contributed by atoms with Gasteiger partial charge >= 0.3 is 0 Å². The van der Waals surface area contributed by atoms with Crippen molar-refractivity contribution in [2.75, 3.05) is 12.3 Å². The number of hydrogen-bond donors (Lipinski definition) is 1. The van der Waals surface area contributed by atoms with Crippen molar-refractivity contribution in [3.8, 4) is 0 Å². The number of nitrogen functional groups attached to an aromatic ring is 1. The minimum absolute atomic E-state index is 0. The number of aromatic nitrogens is 1. The van der Waals surface area contributed by atoms with Crippen molar-refractivity contribution >= 4 is 24.0 Å². The van der Waals surface area contributed by atoms with Gasteiger partial charge in [-0.05, 0) is 37.8 Å². The summed E-state index contributed by atoms with van der Waals surface area (Å²) in [6.45, 7) is 5.20. The molecular weight excluding hydrogens is 262 g/mol. The molecule has 2 atom stereocenters. The van der Waals surface area contributed by atoms with Gasteiger partial charge in [0.15, 0.2) is 0 Å². The number of amides is 1. The van der Waals surface area contributed by atoms with Crippen molar-refractivity contribution in [3.63, 3.8) is 0 Å². The average Bonchev–Trinajstić information content (AvgIpc) is 2.35. The van der Waals surface area contributed by atoms with Crippen LogP contribution in [-0.2, 0) is 11.2 Å². The maximum atomic E-state index is 12.3. The molecule has 1 aliphatic rings. The van der Waals surface area contributed by atoms with E-state index in [1.165, 1.54) is 6.42 Å². The number of piperidine rings is 1. The molecule has 2 unspecified atom stereocenters. The molecule has 1 aromatic rings. The van der Waals surface area contributed by atoms with E-state index in [4.69, 9.17) is 5.73 Å². The Hall–Kier alpha value is -1.29. The van der Waals surface area contributed by atoms with Gasteiger partial charge in [-0.25, -0.2) is 0 Å². The fourth-order valence-corrected chi connectivity index (χ4v) is 2.43. The van der Waals surface area contributed by atoms with E-state index in [1.54, 1.807) is 12.3 Å². The van der Waals surface area contributed by atoms with E-state index in [0.717, 1.165) is 18.7 Å². The quantitative estimate of drug-likeness (QED) is 0.906. The lowest BCUT2D eigenvalue weighted by Crippen LogP contribution is -2.45. The summed E-state index contributed by atoms with van der Waals surface area (Å²) in [6.07, 6.45) is 4.29. The molecule has 4 nitrogen and oxygen atoms in total. The van der Waals surface area contributed by atoms with Gasteiger partial charge < -0.3 is 10.6 Å². The number of hydrogen-bond acceptors (Lipinski definition) is 3. The third kappa shape index (κ3) is 4.10. The molecular formula is C14H22ClN3O. The molecule has 1 amide bonds. The Morgan fingerprint density at radius 1 is 1.42 bits per heavy atom. The van der Waals surface area contributed by atoms with Crippen LogP contribution in [0, 0.1) is 5.92 Å². The van der Waals surface area contributed by atoms with Crippen LogP contribution in [0.3, 0.4) is 0 Å². The highest BCUT2D eigenvalue weighted by atomic mass is 35.5. The number of likely N-dealkylation sites (tertiary alicyclic amines) is 1. The molecule has 2 heterocycles. The molecule has 0 aliphatic carbocycles. The first-order valence-electron chi connectivity index (χ1n) is 6.56. The number of nitrogens with two attached hydrogens (primary N) is 1.